The standard InChI is InChI=1S/C15H15NO3/c1-10(2)11-6-3-4-8-13(11)19-14-9-5-7-12(16-14)15(17)18/h3-10H,1-2H3,(H,17,18). The minimum atomic E-state index is -1.07. The molecule has 1 aromatic carbocycles. The summed E-state index contributed by atoms with van der Waals surface area (Å²) in [7, 11) is 0. The number of ether oxygens (including phenoxy) is 1. The molecule has 2 aromatic rings. The molecular weight excluding hydrogens is 242 g/mol. The first-order valence-corrected chi connectivity index (χ1v) is 6.05. The van der Waals surface area contributed by atoms with Gasteiger partial charge in [-0.15, -0.1) is 0 Å². The molecule has 98 valence electrons. The molecule has 1 heterocycles. The lowest BCUT2D eigenvalue weighted by Crippen LogP contribution is -2.01. The number of carboxylic acids is 1. The van der Waals surface area contributed by atoms with Crippen molar-refractivity contribution in [3.63, 3.8) is 0 Å². The van der Waals surface area contributed by atoms with Gasteiger partial charge in [0, 0.05) is 6.07 Å². The third-order valence-electron chi connectivity index (χ3n) is 2.70. The zero-order chi connectivity index (χ0) is 13.8. The van der Waals surface area contributed by atoms with E-state index in [0.717, 1.165) is 5.56 Å². The van der Waals surface area contributed by atoms with Crippen LogP contribution in [0, 0.1) is 0 Å². The third-order valence-corrected chi connectivity index (χ3v) is 2.70. The molecule has 2 rings (SSSR count). The summed E-state index contributed by atoms with van der Waals surface area (Å²) in [6.07, 6.45) is 0. The second-order valence-corrected chi connectivity index (χ2v) is 4.46. The summed E-state index contributed by atoms with van der Waals surface area (Å²) >= 11 is 0. The summed E-state index contributed by atoms with van der Waals surface area (Å²) in [6.45, 7) is 4.15. The summed E-state index contributed by atoms with van der Waals surface area (Å²) in [6, 6.07) is 12.4. The lowest BCUT2D eigenvalue weighted by Gasteiger charge is -2.12. The molecule has 19 heavy (non-hydrogen) atoms. The Balaban J connectivity index is 2.31. The van der Waals surface area contributed by atoms with E-state index in [2.05, 4.69) is 18.8 Å². The number of hydrogen-bond acceptors (Lipinski definition) is 3. The second kappa shape index (κ2) is 5.52. The van der Waals surface area contributed by atoms with Crippen LogP contribution in [0.1, 0.15) is 35.8 Å². The van der Waals surface area contributed by atoms with Gasteiger partial charge < -0.3 is 9.84 Å². The monoisotopic (exact) mass is 257 g/mol. The second-order valence-electron chi connectivity index (χ2n) is 4.46. The van der Waals surface area contributed by atoms with E-state index in [-0.39, 0.29) is 11.6 Å². The van der Waals surface area contributed by atoms with Gasteiger partial charge in [-0.05, 0) is 23.6 Å². The van der Waals surface area contributed by atoms with E-state index in [1.165, 1.54) is 6.07 Å². The Hall–Kier alpha value is -2.36. The van der Waals surface area contributed by atoms with Gasteiger partial charge in [0.25, 0.3) is 0 Å². The van der Waals surface area contributed by atoms with E-state index < -0.39 is 5.97 Å². The van der Waals surface area contributed by atoms with Gasteiger partial charge in [0.15, 0.2) is 5.69 Å². The van der Waals surface area contributed by atoms with Crippen LogP contribution in [0.4, 0.5) is 0 Å². The number of benzene rings is 1. The number of hydrogen-bond donors (Lipinski definition) is 1. The lowest BCUT2D eigenvalue weighted by molar-refractivity contribution is 0.0689. The Morgan fingerprint density at radius 2 is 1.89 bits per heavy atom. The number of carbonyl (C=O) groups is 1. The first-order chi connectivity index (χ1) is 9.08. The van der Waals surface area contributed by atoms with Gasteiger partial charge in [-0.2, -0.15) is 0 Å². The first kappa shape index (κ1) is 13.1. The van der Waals surface area contributed by atoms with Crippen molar-refractivity contribution in [3.8, 4) is 11.6 Å². The minimum absolute atomic E-state index is 0.0282. The summed E-state index contributed by atoms with van der Waals surface area (Å²) < 4.78 is 5.69. The summed E-state index contributed by atoms with van der Waals surface area (Å²) in [5.41, 5.74) is 1.03. The van der Waals surface area contributed by atoms with Crippen LogP contribution < -0.4 is 4.74 Å². The fourth-order valence-electron chi connectivity index (χ4n) is 1.75. The maximum atomic E-state index is 10.9. The molecule has 1 aromatic heterocycles. The van der Waals surface area contributed by atoms with Crippen LogP contribution in [0.5, 0.6) is 11.6 Å². The highest BCUT2D eigenvalue weighted by Gasteiger charge is 2.10. The Labute approximate surface area is 111 Å². The van der Waals surface area contributed by atoms with Gasteiger partial charge in [-0.3, -0.25) is 0 Å². The molecule has 0 bridgehead atoms. The number of para-hydroxylation sites is 1. The number of pyridine rings is 1. The maximum absolute atomic E-state index is 10.9. The van der Waals surface area contributed by atoms with Gasteiger partial charge in [0.05, 0.1) is 0 Å². The normalized spacial score (nSPS) is 10.5. The molecule has 0 aliphatic carbocycles. The number of carboxylic acid groups (broad SMARTS) is 1. The largest absolute Gasteiger partial charge is 0.477 e. The van der Waals surface area contributed by atoms with Crippen LogP contribution >= 0.6 is 0 Å². The zero-order valence-electron chi connectivity index (χ0n) is 10.8. The molecule has 0 aliphatic rings. The predicted octanol–water partition coefficient (Wildman–Crippen LogP) is 3.70. The number of nitrogens with zero attached hydrogens (tertiary/aromatic N) is 1. The van der Waals surface area contributed by atoms with E-state index in [1.54, 1.807) is 12.1 Å². The van der Waals surface area contributed by atoms with E-state index >= 15 is 0 Å². The van der Waals surface area contributed by atoms with Crippen LogP contribution in [-0.2, 0) is 0 Å². The van der Waals surface area contributed by atoms with Crippen molar-refractivity contribution in [2.45, 2.75) is 19.8 Å². The molecule has 4 heteroatoms. The van der Waals surface area contributed by atoms with Crippen LogP contribution in [0.2, 0.25) is 0 Å². The Kier molecular flexibility index (Phi) is 3.80. The van der Waals surface area contributed by atoms with E-state index in [9.17, 15) is 4.79 Å². The van der Waals surface area contributed by atoms with E-state index in [0.29, 0.717) is 11.7 Å². The van der Waals surface area contributed by atoms with Crippen molar-refractivity contribution in [1.82, 2.24) is 4.98 Å². The van der Waals surface area contributed by atoms with Crippen LogP contribution in [0.25, 0.3) is 0 Å². The van der Waals surface area contributed by atoms with Gasteiger partial charge in [-0.1, -0.05) is 38.1 Å². The maximum Gasteiger partial charge on any atom is 0.354 e. The molecule has 0 fully saturated rings. The van der Waals surface area contributed by atoms with E-state index in [1.807, 2.05) is 24.3 Å². The molecule has 0 unspecified atom stereocenters. The highest BCUT2D eigenvalue weighted by molar-refractivity contribution is 5.85. The zero-order valence-corrected chi connectivity index (χ0v) is 10.8. The molecular formula is C15H15NO3. The average molecular weight is 257 g/mol. The van der Waals surface area contributed by atoms with Crippen LogP contribution in [0.3, 0.4) is 0 Å². The molecule has 0 aliphatic heterocycles. The predicted molar refractivity (Wildman–Crippen MR) is 71.8 cm³/mol. The van der Waals surface area contributed by atoms with Gasteiger partial charge in [-0.25, -0.2) is 9.78 Å². The topological polar surface area (TPSA) is 59.4 Å². The first-order valence-electron chi connectivity index (χ1n) is 6.05. The summed E-state index contributed by atoms with van der Waals surface area (Å²) in [4.78, 5) is 14.8. The summed E-state index contributed by atoms with van der Waals surface area (Å²) in [5, 5.41) is 8.90. The lowest BCUT2D eigenvalue weighted by atomic mass is 10.0. The highest BCUT2D eigenvalue weighted by Crippen LogP contribution is 2.29. The molecule has 0 amide bonds. The molecule has 0 saturated carbocycles. The average Bonchev–Trinajstić information content (AvgIpc) is 2.39. The van der Waals surface area contributed by atoms with Crippen molar-refractivity contribution in [2.24, 2.45) is 0 Å². The molecule has 0 radical (unpaired) electrons. The molecule has 1 N–H and O–H groups in total. The van der Waals surface area contributed by atoms with Crippen LogP contribution in [0.15, 0.2) is 42.5 Å². The van der Waals surface area contributed by atoms with Gasteiger partial charge in [0.2, 0.25) is 5.88 Å². The molecule has 0 atom stereocenters. The molecule has 0 saturated heterocycles. The smallest absolute Gasteiger partial charge is 0.354 e. The van der Waals surface area contributed by atoms with E-state index in [4.69, 9.17) is 9.84 Å². The Morgan fingerprint density at radius 1 is 1.16 bits per heavy atom. The highest BCUT2D eigenvalue weighted by atomic mass is 16.5. The van der Waals surface area contributed by atoms with Crippen LogP contribution in [-0.4, -0.2) is 16.1 Å². The Morgan fingerprint density at radius 3 is 2.58 bits per heavy atom. The van der Waals surface area contributed by atoms with Gasteiger partial charge >= 0.3 is 5.97 Å². The van der Waals surface area contributed by atoms with Crippen molar-refractivity contribution in [3.05, 3.63) is 53.7 Å². The molecule has 4 nitrogen and oxygen atoms in total. The van der Waals surface area contributed by atoms with Crippen molar-refractivity contribution in [2.75, 3.05) is 0 Å². The summed E-state index contributed by atoms with van der Waals surface area (Å²) in [5.74, 6) is 0.238. The number of aromatic carboxylic acids is 1. The number of aromatic nitrogens is 1. The van der Waals surface area contributed by atoms with Crippen molar-refractivity contribution >= 4 is 5.97 Å². The SMILES string of the molecule is CC(C)c1ccccc1Oc1cccc(C(=O)O)n1. The Bertz CT molecular complexity index is 593. The quantitative estimate of drug-likeness (QED) is 0.907. The third kappa shape index (κ3) is 3.10. The number of rotatable bonds is 4. The molecule has 0 spiro atoms. The van der Waals surface area contributed by atoms with Gasteiger partial charge in [0.1, 0.15) is 5.75 Å². The fraction of sp³-hybridized carbons (Fsp3) is 0.200. The minimum Gasteiger partial charge on any atom is -0.477 e. The van der Waals surface area contributed by atoms with Crippen molar-refractivity contribution < 1.29 is 14.6 Å². The fourth-order valence-corrected chi connectivity index (χ4v) is 1.75. The van der Waals surface area contributed by atoms with Crippen molar-refractivity contribution in [1.29, 1.82) is 0 Å².